The van der Waals surface area contributed by atoms with Crippen molar-refractivity contribution in [3.63, 3.8) is 0 Å². The summed E-state index contributed by atoms with van der Waals surface area (Å²) < 4.78 is 17.0. The van der Waals surface area contributed by atoms with Crippen molar-refractivity contribution in [1.29, 1.82) is 0 Å². The molecule has 17 heavy (non-hydrogen) atoms. The predicted molar refractivity (Wildman–Crippen MR) is 66.2 cm³/mol. The fraction of sp³-hybridized carbons (Fsp3) is 1.00. The van der Waals surface area contributed by atoms with Gasteiger partial charge >= 0.3 is 0 Å². The largest absolute Gasteiger partial charge is 0.381 e. The van der Waals surface area contributed by atoms with E-state index in [9.17, 15) is 0 Å². The van der Waals surface area contributed by atoms with Crippen LogP contribution >= 0.6 is 0 Å². The number of rotatable bonds is 7. The van der Waals surface area contributed by atoms with E-state index in [0.29, 0.717) is 18.1 Å². The van der Waals surface area contributed by atoms with Crippen LogP contribution in [0.4, 0.5) is 0 Å². The van der Waals surface area contributed by atoms with Gasteiger partial charge in [0.05, 0.1) is 32.0 Å². The summed E-state index contributed by atoms with van der Waals surface area (Å²) in [6, 6.07) is 0. The minimum absolute atomic E-state index is 0.306. The highest BCUT2D eigenvalue weighted by Crippen LogP contribution is 2.20. The second-order valence-corrected chi connectivity index (χ2v) is 5.03. The van der Waals surface area contributed by atoms with Crippen molar-refractivity contribution in [2.24, 2.45) is 5.92 Å². The van der Waals surface area contributed by atoms with Gasteiger partial charge in [-0.2, -0.15) is 0 Å². The first-order valence-corrected chi connectivity index (χ1v) is 6.90. The normalized spacial score (nSPS) is 33.4. The first-order chi connectivity index (χ1) is 8.38. The molecule has 2 saturated heterocycles. The molecule has 2 heterocycles. The molecular formula is C13H25NO3. The van der Waals surface area contributed by atoms with E-state index < -0.39 is 0 Å². The topological polar surface area (TPSA) is 39.7 Å². The molecule has 2 aliphatic rings. The maximum Gasteiger partial charge on any atom is 0.0813 e. The van der Waals surface area contributed by atoms with E-state index in [4.69, 9.17) is 14.2 Å². The van der Waals surface area contributed by atoms with Crippen LogP contribution in [0.5, 0.6) is 0 Å². The van der Waals surface area contributed by atoms with Gasteiger partial charge in [-0.05, 0) is 25.8 Å². The molecular weight excluding hydrogens is 218 g/mol. The van der Waals surface area contributed by atoms with Gasteiger partial charge in [0.1, 0.15) is 0 Å². The van der Waals surface area contributed by atoms with E-state index in [2.05, 4.69) is 12.2 Å². The van der Waals surface area contributed by atoms with Crippen LogP contribution in [0.1, 0.15) is 26.2 Å². The monoisotopic (exact) mass is 243 g/mol. The molecule has 0 bridgehead atoms. The molecule has 3 unspecified atom stereocenters. The van der Waals surface area contributed by atoms with Crippen molar-refractivity contribution in [1.82, 2.24) is 5.32 Å². The minimum atomic E-state index is 0.306. The standard InChI is InChI=1S/C13H25NO3/c1-2-14-7-12-3-4-13(17-12)10-16-9-11-5-6-15-8-11/h11-14H,2-10H2,1H3. The van der Waals surface area contributed by atoms with Crippen LogP contribution in [0.25, 0.3) is 0 Å². The molecule has 0 aliphatic carbocycles. The van der Waals surface area contributed by atoms with E-state index in [0.717, 1.165) is 58.8 Å². The fourth-order valence-corrected chi connectivity index (χ4v) is 2.44. The van der Waals surface area contributed by atoms with Gasteiger partial charge in [0, 0.05) is 19.1 Å². The summed E-state index contributed by atoms with van der Waals surface area (Å²) in [5.74, 6) is 0.606. The molecule has 2 fully saturated rings. The second-order valence-electron chi connectivity index (χ2n) is 5.03. The van der Waals surface area contributed by atoms with E-state index in [1.54, 1.807) is 0 Å². The third kappa shape index (κ3) is 4.54. The molecule has 4 heteroatoms. The van der Waals surface area contributed by atoms with Crippen LogP contribution < -0.4 is 5.32 Å². The number of nitrogens with one attached hydrogen (secondary N) is 1. The summed E-state index contributed by atoms with van der Waals surface area (Å²) in [7, 11) is 0. The number of hydrogen-bond acceptors (Lipinski definition) is 4. The second kappa shape index (κ2) is 7.31. The number of ether oxygens (including phenoxy) is 3. The minimum Gasteiger partial charge on any atom is -0.381 e. The summed E-state index contributed by atoms with van der Waals surface area (Å²) in [4.78, 5) is 0. The highest BCUT2D eigenvalue weighted by Gasteiger charge is 2.25. The highest BCUT2D eigenvalue weighted by atomic mass is 16.5. The van der Waals surface area contributed by atoms with Gasteiger partial charge in [-0.15, -0.1) is 0 Å². The highest BCUT2D eigenvalue weighted by molar-refractivity contribution is 4.75. The smallest absolute Gasteiger partial charge is 0.0813 e. The van der Waals surface area contributed by atoms with Crippen molar-refractivity contribution < 1.29 is 14.2 Å². The van der Waals surface area contributed by atoms with Gasteiger partial charge in [0.2, 0.25) is 0 Å². The molecule has 0 aromatic heterocycles. The molecule has 0 aromatic carbocycles. The third-order valence-corrected chi connectivity index (χ3v) is 3.50. The van der Waals surface area contributed by atoms with Gasteiger partial charge in [0.25, 0.3) is 0 Å². The van der Waals surface area contributed by atoms with Crippen molar-refractivity contribution >= 4 is 0 Å². The van der Waals surface area contributed by atoms with Crippen molar-refractivity contribution in [3.8, 4) is 0 Å². The summed E-state index contributed by atoms with van der Waals surface area (Å²) in [5, 5.41) is 3.33. The lowest BCUT2D eigenvalue weighted by atomic mass is 10.1. The first-order valence-electron chi connectivity index (χ1n) is 6.90. The maximum absolute atomic E-state index is 5.91. The fourth-order valence-electron chi connectivity index (χ4n) is 2.44. The van der Waals surface area contributed by atoms with E-state index >= 15 is 0 Å². The summed E-state index contributed by atoms with van der Waals surface area (Å²) in [5.41, 5.74) is 0. The summed E-state index contributed by atoms with van der Waals surface area (Å²) in [6.45, 7) is 7.47. The molecule has 4 nitrogen and oxygen atoms in total. The Morgan fingerprint density at radius 3 is 2.82 bits per heavy atom. The molecule has 0 radical (unpaired) electrons. The van der Waals surface area contributed by atoms with Crippen LogP contribution in [0.2, 0.25) is 0 Å². The van der Waals surface area contributed by atoms with Crippen LogP contribution in [0.3, 0.4) is 0 Å². The van der Waals surface area contributed by atoms with Gasteiger partial charge in [-0.1, -0.05) is 6.92 Å². The number of hydrogen-bond donors (Lipinski definition) is 1. The third-order valence-electron chi connectivity index (χ3n) is 3.50. The SMILES string of the molecule is CCNCC1CCC(COCC2CCOC2)O1. The van der Waals surface area contributed by atoms with Gasteiger partial charge < -0.3 is 19.5 Å². The average molecular weight is 243 g/mol. The average Bonchev–Trinajstić information content (AvgIpc) is 2.98. The Labute approximate surface area is 104 Å². The maximum atomic E-state index is 5.91. The molecule has 0 amide bonds. The Hall–Kier alpha value is -0.160. The van der Waals surface area contributed by atoms with Gasteiger partial charge in [-0.3, -0.25) is 0 Å². The number of likely N-dealkylation sites (N-methyl/N-ethyl adjacent to an activating group) is 1. The van der Waals surface area contributed by atoms with Crippen LogP contribution in [-0.2, 0) is 14.2 Å². The molecule has 0 spiro atoms. The Morgan fingerprint density at radius 2 is 2.06 bits per heavy atom. The Morgan fingerprint density at radius 1 is 1.18 bits per heavy atom. The molecule has 3 atom stereocenters. The van der Waals surface area contributed by atoms with Gasteiger partial charge in [-0.25, -0.2) is 0 Å². The zero-order valence-electron chi connectivity index (χ0n) is 10.8. The van der Waals surface area contributed by atoms with E-state index in [1.165, 1.54) is 0 Å². The molecule has 2 aliphatic heterocycles. The van der Waals surface area contributed by atoms with Crippen molar-refractivity contribution in [2.75, 3.05) is 39.5 Å². The zero-order chi connectivity index (χ0) is 11.9. The summed E-state index contributed by atoms with van der Waals surface area (Å²) in [6.07, 6.45) is 4.14. The molecule has 2 rings (SSSR count). The molecule has 100 valence electrons. The van der Waals surface area contributed by atoms with Crippen LogP contribution in [0.15, 0.2) is 0 Å². The van der Waals surface area contributed by atoms with E-state index in [1.807, 2.05) is 0 Å². The Bertz CT molecular complexity index is 207. The molecule has 0 aromatic rings. The Kier molecular flexibility index (Phi) is 5.71. The van der Waals surface area contributed by atoms with Crippen LogP contribution in [-0.4, -0.2) is 51.7 Å². The van der Waals surface area contributed by atoms with Gasteiger partial charge in [0.15, 0.2) is 0 Å². The lowest BCUT2D eigenvalue weighted by Gasteiger charge is -2.15. The molecule has 0 saturated carbocycles. The van der Waals surface area contributed by atoms with Crippen molar-refractivity contribution in [3.05, 3.63) is 0 Å². The summed E-state index contributed by atoms with van der Waals surface area (Å²) >= 11 is 0. The van der Waals surface area contributed by atoms with Crippen molar-refractivity contribution in [2.45, 2.75) is 38.4 Å². The van der Waals surface area contributed by atoms with E-state index in [-0.39, 0.29) is 0 Å². The lowest BCUT2D eigenvalue weighted by Crippen LogP contribution is -2.28. The first kappa shape index (κ1) is 13.3. The quantitative estimate of drug-likeness (QED) is 0.729. The van der Waals surface area contributed by atoms with Crippen LogP contribution in [0, 0.1) is 5.92 Å². The lowest BCUT2D eigenvalue weighted by molar-refractivity contribution is -0.0223. The predicted octanol–water partition coefficient (Wildman–Crippen LogP) is 1.20. The molecule has 1 N–H and O–H groups in total. The zero-order valence-corrected chi connectivity index (χ0v) is 10.8. The Balaban J connectivity index is 1.51.